The van der Waals surface area contributed by atoms with Crippen LogP contribution in [0, 0.1) is 24.6 Å². The van der Waals surface area contributed by atoms with Gasteiger partial charge in [0.05, 0.1) is 17.5 Å². The van der Waals surface area contributed by atoms with Crippen LogP contribution in [0.25, 0.3) is 0 Å². The number of aliphatic carboxylic acids is 1. The van der Waals surface area contributed by atoms with E-state index < -0.39 is 29.5 Å². The molecule has 1 fully saturated rings. The first-order valence-electron chi connectivity index (χ1n) is 6.79. The molecule has 108 valence electrons. The van der Waals surface area contributed by atoms with E-state index in [1.807, 2.05) is 0 Å². The Morgan fingerprint density at radius 2 is 1.90 bits per heavy atom. The molecule has 0 unspecified atom stereocenters. The Balaban J connectivity index is 2.14. The van der Waals surface area contributed by atoms with Crippen molar-refractivity contribution >= 4 is 17.6 Å². The van der Waals surface area contributed by atoms with Crippen LogP contribution in [-0.2, 0) is 9.59 Å². The molecule has 2 rings (SSSR count). The second kappa shape index (κ2) is 6.03. The number of amides is 1. The van der Waals surface area contributed by atoms with E-state index in [1.54, 1.807) is 19.1 Å². The number of nitrogens with one attached hydrogen (secondary N) is 1. The van der Waals surface area contributed by atoms with Crippen molar-refractivity contribution in [1.29, 1.82) is 0 Å². The maximum atomic E-state index is 13.6. The van der Waals surface area contributed by atoms with Gasteiger partial charge < -0.3 is 10.4 Å². The van der Waals surface area contributed by atoms with Gasteiger partial charge in [-0.2, -0.15) is 0 Å². The summed E-state index contributed by atoms with van der Waals surface area (Å²) in [6.45, 7) is 1.80. The van der Waals surface area contributed by atoms with Crippen LogP contribution in [0.3, 0.4) is 0 Å². The van der Waals surface area contributed by atoms with E-state index in [9.17, 15) is 14.0 Å². The fourth-order valence-corrected chi connectivity index (χ4v) is 2.70. The van der Waals surface area contributed by atoms with Crippen LogP contribution in [0.2, 0.25) is 0 Å². The molecule has 0 aliphatic heterocycles. The Hall–Kier alpha value is -1.91. The standard InChI is InChI=1S/C15H18FNO3/c1-9-6-7-12(16)13(8-9)17-14(18)10-4-2-3-5-11(10)15(19)20/h6-8,10-11H,2-5H2,1H3,(H,17,18)(H,19,20)/t10-,11-/m0/s1. The summed E-state index contributed by atoms with van der Waals surface area (Å²) >= 11 is 0. The lowest BCUT2D eigenvalue weighted by Gasteiger charge is -2.27. The maximum absolute atomic E-state index is 13.6. The molecule has 0 spiro atoms. The molecule has 0 aromatic heterocycles. The quantitative estimate of drug-likeness (QED) is 0.894. The lowest BCUT2D eigenvalue weighted by Crippen LogP contribution is -2.36. The third kappa shape index (κ3) is 3.15. The van der Waals surface area contributed by atoms with Gasteiger partial charge >= 0.3 is 5.97 Å². The number of carbonyl (C=O) groups excluding carboxylic acids is 1. The Kier molecular flexibility index (Phi) is 4.37. The van der Waals surface area contributed by atoms with Crippen molar-refractivity contribution in [2.45, 2.75) is 32.6 Å². The molecule has 1 amide bonds. The van der Waals surface area contributed by atoms with Crippen LogP contribution in [0.1, 0.15) is 31.2 Å². The molecule has 2 atom stereocenters. The Morgan fingerprint density at radius 3 is 2.55 bits per heavy atom. The monoisotopic (exact) mass is 279 g/mol. The van der Waals surface area contributed by atoms with Crippen molar-refractivity contribution in [3.63, 3.8) is 0 Å². The molecule has 1 aliphatic carbocycles. The van der Waals surface area contributed by atoms with E-state index in [4.69, 9.17) is 5.11 Å². The highest BCUT2D eigenvalue weighted by atomic mass is 19.1. The smallest absolute Gasteiger partial charge is 0.307 e. The average molecular weight is 279 g/mol. The van der Waals surface area contributed by atoms with Crippen molar-refractivity contribution in [2.24, 2.45) is 11.8 Å². The minimum absolute atomic E-state index is 0.115. The lowest BCUT2D eigenvalue weighted by molar-refractivity contribution is -0.147. The van der Waals surface area contributed by atoms with Gasteiger partial charge in [-0.3, -0.25) is 9.59 Å². The number of anilines is 1. The fraction of sp³-hybridized carbons (Fsp3) is 0.467. The average Bonchev–Trinajstić information content (AvgIpc) is 2.42. The van der Waals surface area contributed by atoms with E-state index in [0.29, 0.717) is 12.8 Å². The van der Waals surface area contributed by atoms with Gasteiger partial charge in [0.25, 0.3) is 0 Å². The van der Waals surface area contributed by atoms with E-state index in [2.05, 4.69) is 5.32 Å². The van der Waals surface area contributed by atoms with Gasteiger partial charge in [-0.05, 0) is 37.5 Å². The Morgan fingerprint density at radius 1 is 1.25 bits per heavy atom. The van der Waals surface area contributed by atoms with E-state index in [1.165, 1.54) is 6.07 Å². The van der Waals surface area contributed by atoms with Crippen LogP contribution in [0.4, 0.5) is 10.1 Å². The largest absolute Gasteiger partial charge is 0.481 e. The molecule has 2 N–H and O–H groups in total. The number of benzene rings is 1. The van der Waals surface area contributed by atoms with Gasteiger partial charge in [0.1, 0.15) is 5.82 Å². The molecule has 1 saturated carbocycles. The highest BCUT2D eigenvalue weighted by Crippen LogP contribution is 2.31. The zero-order valence-corrected chi connectivity index (χ0v) is 11.4. The molecule has 1 aromatic rings. The zero-order chi connectivity index (χ0) is 14.7. The number of carbonyl (C=O) groups is 2. The van der Waals surface area contributed by atoms with Gasteiger partial charge in [0.15, 0.2) is 0 Å². The fourth-order valence-electron chi connectivity index (χ4n) is 2.70. The predicted octanol–water partition coefficient (Wildman–Crippen LogP) is 2.96. The van der Waals surface area contributed by atoms with Crippen LogP contribution < -0.4 is 5.32 Å². The Bertz CT molecular complexity index is 530. The van der Waals surface area contributed by atoms with E-state index in [0.717, 1.165) is 18.4 Å². The highest BCUT2D eigenvalue weighted by Gasteiger charge is 2.35. The summed E-state index contributed by atoms with van der Waals surface area (Å²) in [5.74, 6) is -3.11. The third-order valence-corrected chi connectivity index (χ3v) is 3.80. The SMILES string of the molecule is Cc1ccc(F)c(NC(=O)[C@H]2CCCC[C@@H]2C(=O)O)c1. The normalized spacial score (nSPS) is 22.3. The summed E-state index contributed by atoms with van der Waals surface area (Å²) in [5.41, 5.74) is 0.949. The second-order valence-electron chi connectivity index (χ2n) is 5.31. The van der Waals surface area contributed by atoms with Crippen molar-refractivity contribution in [3.8, 4) is 0 Å². The Labute approximate surface area is 117 Å². The highest BCUT2D eigenvalue weighted by molar-refractivity contribution is 5.95. The van der Waals surface area contributed by atoms with Gasteiger partial charge in [0.2, 0.25) is 5.91 Å². The van der Waals surface area contributed by atoms with Gasteiger partial charge in [-0.15, -0.1) is 0 Å². The predicted molar refractivity (Wildman–Crippen MR) is 72.9 cm³/mol. The van der Waals surface area contributed by atoms with Crippen molar-refractivity contribution in [2.75, 3.05) is 5.32 Å². The first-order valence-corrected chi connectivity index (χ1v) is 6.79. The summed E-state index contributed by atoms with van der Waals surface area (Å²) in [6, 6.07) is 4.46. The molecule has 1 aliphatic rings. The number of rotatable bonds is 3. The minimum Gasteiger partial charge on any atom is -0.481 e. The number of carboxylic acid groups (broad SMARTS) is 1. The molecular weight excluding hydrogens is 261 g/mol. The van der Waals surface area contributed by atoms with E-state index >= 15 is 0 Å². The first kappa shape index (κ1) is 14.5. The van der Waals surface area contributed by atoms with Crippen molar-refractivity contribution < 1.29 is 19.1 Å². The van der Waals surface area contributed by atoms with Crippen molar-refractivity contribution in [3.05, 3.63) is 29.6 Å². The zero-order valence-electron chi connectivity index (χ0n) is 11.4. The molecule has 5 heteroatoms. The van der Waals surface area contributed by atoms with Crippen LogP contribution in [-0.4, -0.2) is 17.0 Å². The van der Waals surface area contributed by atoms with Gasteiger partial charge in [-0.25, -0.2) is 4.39 Å². The van der Waals surface area contributed by atoms with Crippen LogP contribution in [0.15, 0.2) is 18.2 Å². The summed E-state index contributed by atoms with van der Waals surface area (Å²) in [6.07, 6.45) is 2.69. The second-order valence-corrected chi connectivity index (χ2v) is 5.31. The summed E-state index contributed by atoms with van der Waals surface area (Å²) in [5, 5.41) is 11.7. The topological polar surface area (TPSA) is 66.4 Å². The molecule has 20 heavy (non-hydrogen) atoms. The summed E-state index contributed by atoms with van der Waals surface area (Å²) in [4.78, 5) is 23.4. The number of aryl methyl sites for hydroxylation is 1. The number of hydrogen-bond acceptors (Lipinski definition) is 2. The molecule has 0 radical (unpaired) electrons. The third-order valence-electron chi connectivity index (χ3n) is 3.80. The van der Waals surface area contributed by atoms with Gasteiger partial charge in [0, 0.05) is 0 Å². The molecule has 0 bridgehead atoms. The number of halogens is 1. The van der Waals surface area contributed by atoms with Crippen LogP contribution >= 0.6 is 0 Å². The van der Waals surface area contributed by atoms with E-state index in [-0.39, 0.29) is 5.69 Å². The summed E-state index contributed by atoms with van der Waals surface area (Å²) < 4.78 is 13.6. The molecule has 4 nitrogen and oxygen atoms in total. The molecule has 0 heterocycles. The number of carboxylic acids is 1. The molecule has 1 aromatic carbocycles. The van der Waals surface area contributed by atoms with Gasteiger partial charge in [-0.1, -0.05) is 18.9 Å². The molecule has 0 saturated heterocycles. The van der Waals surface area contributed by atoms with Crippen molar-refractivity contribution in [1.82, 2.24) is 0 Å². The maximum Gasteiger partial charge on any atom is 0.307 e. The summed E-state index contributed by atoms with van der Waals surface area (Å²) in [7, 11) is 0. The molecular formula is C15H18FNO3. The number of hydrogen-bond donors (Lipinski definition) is 2. The lowest BCUT2D eigenvalue weighted by atomic mass is 9.78. The minimum atomic E-state index is -0.949. The van der Waals surface area contributed by atoms with Crippen LogP contribution in [0.5, 0.6) is 0 Å². The first-order chi connectivity index (χ1) is 9.49.